The van der Waals surface area contributed by atoms with Crippen molar-refractivity contribution in [3.63, 3.8) is 0 Å². The maximum absolute atomic E-state index is 11.8. The monoisotopic (exact) mass is 270 g/mol. The van der Waals surface area contributed by atoms with Crippen LogP contribution < -0.4 is 10.1 Å². The van der Waals surface area contributed by atoms with Gasteiger partial charge in [0, 0.05) is 31.7 Å². The van der Waals surface area contributed by atoms with Crippen LogP contribution in [-0.2, 0) is 13.6 Å². The molecule has 96 valence electrons. The van der Waals surface area contributed by atoms with Crippen LogP contribution in [0.2, 0.25) is 0 Å². The number of phosphoric ester groups is 1. The van der Waals surface area contributed by atoms with E-state index in [-0.39, 0.29) is 5.75 Å². The van der Waals surface area contributed by atoms with Gasteiger partial charge in [-0.3, -0.25) is 9.05 Å². The molecule has 2 aromatic rings. The maximum Gasteiger partial charge on any atom is 0.529 e. The van der Waals surface area contributed by atoms with E-state index in [1.54, 1.807) is 18.2 Å². The van der Waals surface area contributed by atoms with E-state index in [4.69, 9.17) is 8.94 Å². The Kier molecular flexibility index (Phi) is 3.52. The molecule has 0 N–H and O–H groups in total. The van der Waals surface area contributed by atoms with E-state index >= 15 is 0 Å². The summed E-state index contributed by atoms with van der Waals surface area (Å²) < 4.78 is 31.1. The van der Waals surface area contributed by atoms with Gasteiger partial charge >= 0.3 is 13.4 Å². The normalized spacial score (nSPS) is 11.7. The molecule has 0 aliphatic carbocycles. The van der Waals surface area contributed by atoms with Gasteiger partial charge in [0.25, 0.3) is 0 Å². The summed E-state index contributed by atoms with van der Waals surface area (Å²) in [5.41, 5.74) is -0.139. The average Bonchev–Trinajstić information content (AvgIpc) is 2.38. The van der Waals surface area contributed by atoms with Crippen LogP contribution in [0.5, 0.6) is 5.75 Å². The molecule has 0 bridgehead atoms. The Labute approximate surface area is 103 Å². The zero-order valence-electron chi connectivity index (χ0n) is 9.78. The fourth-order valence-corrected chi connectivity index (χ4v) is 2.05. The molecule has 0 aliphatic heterocycles. The van der Waals surface area contributed by atoms with E-state index in [0.717, 1.165) is 5.39 Å². The van der Waals surface area contributed by atoms with Gasteiger partial charge in [0.15, 0.2) is 0 Å². The van der Waals surface area contributed by atoms with Crippen LogP contribution in [0.1, 0.15) is 0 Å². The molecule has 7 heteroatoms. The van der Waals surface area contributed by atoms with Crippen LogP contribution in [0.25, 0.3) is 11.0 Å². The summed E-state index contributed by atoms with van der Waals surface area (Å²) in [6.07, 6.45) is 0. The maximum atomic E-state index is 11.8. The molecule has 18 heavy (non-hydrogen) atoms. The van der Waals surface area contributed by atoms with Crippen molar-refractivity contribution in [1.82, 2.24) is 0 Å². The van der Waals surface area contributed by atoms with Gasteiger partial charge in [-0.15, -0.1) is 0 Å². The molecule has 0 unspecified atom stereocenters. The Hall–Kier alpha value is -1.62. The third kappa shape index (κ3) is 2.61. The van der Waals surface area contributed by atoms with Crippen molar-refractivity contribution in [3.8, 4) is 5.75 Å². The summed E-state index contributed by atoms with van der Waals surface area (Å²) in [5.74, 6) is 0.226. The lowest BCUT2D eigenvalue weighted by molar-refractivity contribution is 0.211. The number of rotatable bonds is 4. The smallest absolute Gasteiger partial charge is 0.423 e. The Balaban J connectivity index is 2.41. The van der Waals surface area contributed by atoms with Crippen molar-refractivity contribution in [2.24, 2.45) is 0 Å². The van der Waals surface area contributed by atoms with E-state index in [2.05, 4.69) is 9.05 Å². The predicted octanol–water partition coefficient (Wildman–Crippen LogP) is 2.57. The van der Waals surface area contributed by atoms with Crippen LogP contribution in [0.15, 0.2) is 39.5 Å². The molecular weight excluding hydrogens is 259 g/mol. The second-order valence-corrected chi connectivity index (χ2v) is 5.17. The van der Waals surface area contributed by atoms with E-state index in [1.807, 2.05) is 0 Å². The Morgan fingerprint density at radius 2 is 1.78 bits per heavy atom. The SMILES string of the molecule is COP(=O)(OC)Oc1ccc2ccc(=O)oc2c1. The van der Waals surface area contributed by atoms with Crippen molar-refractivity contribution in [2.75, 3.05) is 14.2 Å². The number of benzene rings is 1. The highest BCUT2D eigenvalue weighted by atomic mass is 31.2. The van der Waals surface area contributed by atoms with E-state index in [9.17, 15) is 9.36 Å². The predicted molar refractivity (Wildman–Crippen MR) is 64.7 cm³/mol. The summed E-state index contributed by atoms with van der Waals surface area (Å²) in [7, 11) is -1.19. The zero-order valence-corrected chi connectivity index (χ0v) is 10.7. The molecule has 0 amide bonds. The van der Waals surface area contributed by atoms with Crippen molar-refractivity contribution < 1.29 is 22.6 Å². The van der Waals surface area contributed by atoms with Gasteiger partial charge in [-0.1, -0.05) is 0 Å². The van der Waals surface area contributed by atoms with Crippen LogP contribution in [0, 0.1) is 0 Å². The minimum Gasteiger partial charge on any atom is -0.423 e. The summed E-state index contributed by atoms with van der Waals surface area (Å²) in [6.45, 7) is 0. The summed E-state index contributed by atoms with van der Waals surface area (Å²) >= 11 is 0. The molecule has 0 fully saturated rings. The Bertz CT molecular complexity index is 654. The van der Waals surface area contributed by atoms with Crippen molar-refractivity contribution >= 4 is 18.8 Å². The fourth-order valence-electron chi connectivity index (χ4n) is 1.38. The van der Waals surface area contributed by atoms with Crippen LogP contribution in [0.4, 0.5) is 0 Å². The van der Waals surface area contributed by atoms with E-state index < -0.39 is 13.4 Å². The highest BCUT2D eigenvalue weighted by Gasteiger charge is 2.24. The first-order valence-corrected chi connectivity index (χ1v) is 6.47. The number of fused-ring (bicyclic) bond motifs is 1. The molecule has 0 saturated heterocycles. The standard InChI is InChI=1S/C11H11O6P/c1-14-18(13,15-2)17-9-5-3-8-4-6-11(12)16-10(8)7-9/h3-7H,1-2H3. The van der Waals surface area contributed by atoms with Crippen molar-refractivity contribution in [2.45, 2.75) is 0 Å². The minimum absolute atomic E-state index is 0.226. The highest BCUT2D eigenvalue weighted by molar-refractivity contribution is 7.48. The van der Waals surface area contributed by atoms with E-state index in [1.165, 1.54) is 26.4 Å². The van der Waals surface area contributed by atoms with Gasteiger partial charge < -0.3 is 8.94 Å². The molecule has 0 radical (unpaired) electrons. The van der Waals surface area contributed by atoms with Gasteiger partial charge in [-0.2, -0.15) is 0 Å². The number of hydrogen-bond acceptors (Lipinski definition) is 6. The molecule has 1 aromatic carbocycles. The van der Waals surface area contributed by atoms with Crippen molar-refractivity contribution in [3.05, 3.63) is 40.8 Å². The lowest BCUT2D eigenvalue weighted by Crippen LogP contribution is -1.98. The van der Waals surface area contributed by atoms with Gasteiger partial charge in [-0.05, 0) is 18.2 Å². The second-order valence-electron chi connectivity index (χ2n) is 3.36. The quantitative estimate of drug-likeness (QED) is 0.627. The molecule has 1 aromatic heterocycles. The van der Waals surface area contributed by atoms with Gasteiger partial charge in [0.05, 0.1) is 0 Å². The molecule has 1 heterocycles. The second kappa shape index (κ2) is 4.94. The molecule has 2 rings (SSSR count). The van der Waals surface area contributed by atoms with Gasteiger partial charge in [-0.25, -0.2) is 9.36 Å². The third-order valence-electron chi connectivity index (χ3n) is 2.26. The van der Waals surface area contributed by atoms with E-state index in [0.29, 0.717) is 5.58 Å². The Morgan fingerprint density at radius 3 is 2.44 bits per heavy atom. The molecule has 0 aliphatic rings. The Morgan fingerprint density at radius 1 is 1.11 bits per heavy atom. The summed E-state index contributed by atoms with van der Waals surface area (Å²) in [5, 5.41) is 0.728. The summed E-state index contributed by atoms with van der Waals surface area (Å²) in [6, 6.07) is 7.63. The number of phosphoric acid groups is 1. The van der Waals surface area contributed by atoms with Crippen LogP contribution in [0.3, 0.4) is 0 Å². The zero-order chi connectivity index (χ0) is 13.2. The topological polar surface area (TPSA) is 75.0 Å². The van der Waals surface area contributed by atoms with Gasteiger partial charge in [0.2, 0.25) is 0 Å². The van der Waals surface area contributed by atoms with Gasteiger partial charge in [0.1, 0.15) is 11.3 Å². The first kappa shape index (κ1) is 12.8. The van der Waals surface area contributed by atoms with Crippen molar-refractivity contribution in [1.29, 1.82) is 0 Å². The summed E-state index contributed by atoms with van der Waals surface area (Å²) in [4.78, 5) is 11.1. The lowest BCUT2D eigenvalue weighted by atomic mass is 10.2. The molecule has 0 atom stereocenters. The molecular formula is C11H11O6P. The number of hydrogen-bond donors (Lipinski definition) is 0. The molecule has 0 saturated carbocycles. The third-order valence-corrected chi connectivity index (χ3v) is 3.59. The average molecular weight is 270 g/mol. The lowest BCUT2D eigenvalue weighted by Gasteiger charge is -2.14. The van der Waals surface area contributed by atoms with Crippen LogP contribution >= 0.6 is 7.82 Å². The highest BCUT2D eigenvalue weighted by Crippen LogP contribution is 2.47. The largest absolute Gasteiger partial charge is 0.529 e. The molecule has 6 nitrogen and oxygen atoms in total. The molecule has 0 spiro atoms. The van der Waals surface area contributed by atoms with Crippen LogP contribution in [-0.4, -0.2) is 14.2 Å². The first-order valence-electron chi connectivity index (χ1n) is 5.01. The first-order chi connectivity index (χ1) is 8.56. The fraction of sp³-hybridized carbons (Fsp3) is 0.182. The minimum atomic E-state index is -3.61.